The SMILES string of the molecule is C.C.C.C1CN=C2NCCN2C1.C1CN=C2NCCN2C1.Cc1ccccn1.O=c1cccc[nH]1. The van der Waals surface area contributed by atoms with E-state index in [-0.39, 0.29) is 27.8 Å². The van der Waals surface area contributed by atoms with Crippen molar-refractivity contribution in [2.24, 2.45) is 9.98 Å². The molecule has 0 aromatic carbocycles. The van der Waals surface area contributed by atoms with Gasteiger partial charge in [0.25, 0.3) is 0 Å². The van der Waals surface area contributed by atoms with Crippen molar-refractivity contribution in [2.75, 3.05) is 52.4 Å². The summed E-state index contributed by atoms with van der Waals surface area (Å²) in [5.74, 6) is 2.25. The first-order valence-electron chi connectivity index (χ1n) is 11.3. The van der Waals surface area contributed by atoms with Gasteiger partial charge in [-0.2, -0.15) is 0 Å². The lowest BCUT2D eigenvalue weighted by Crippen LogP contribution is -2.34. The largest absolute Gasteiger partial charge is 0.354 e. The zero-order valence-electron chi connectivity index (χ0n) is 18.8. The standard InChI is InChI=1S/2C6H11N3.C6H7N.C5H5NO.3CH4/c2*1-2-7-6-8-3-5-9(6)4-1;1-6-4-2-3-5-7-6;7-5-3-1-2-4-6-5;;;/h2*1-5H2,(H,7,8);2-5H,1H3;1-4H,(H,6,7);3*1H4. The molecular formula is C26H46N8O. The minimum absolute atomic E-state index is 0. The van der Waals surface area contributed by atoms with Crippen LogP contribution in [-0.2, 0) is 0 Å². The Morgan fingerprint density at radius 2 is 1.34 bits per heavy atom. The second-order valence-corrected chi connectivity index (χ2v) is 7.64. The number of nitrogens with one attached hydrogen (secondary N) is 3. The Morgan fingerprint density at radius 1 is 0.771 bits per heavy atom. The molecule has 196 valence electrons. The van der Waals surface area contributed by atoms with Crippen molar-refractivity contribution in [3.63, 3.8) is 0 Å². The van der Waals surface area contributed by atoms with Crippen LogP contribution >= 0.6 is 0 Å². The van der Waals surface area contributed by atoms with Crippen molar-refractivity contribution in [1.82, 2.24) is 30.4 Å². The van der Waals surface area contributed by atoms with Crippen molar-refractivity contribution in [1.29, 1.82) is 0 Å². The molecule has 0 saturated carbocycles. The van der Waals surface area contributed by atoms with Crippen LogP contribution in [0.25, 0.3) is 0 Å². The number of hydrogen-bond donors (Lipinski definition) is 3. The van der Waals surface area contributed by atoms with Gasteiger partial charge in [-0.05, 0) is 38.0 Å². The number of nitrogens with zero attached hydrogens (tertiary/aromatic N) is 5. The lowest BCUT2D eigenvalue weighted by molar-refractivity contribution is 0.434. The zero-order chi connectivity index (χ0) is 22.4. The van der Waals surface area contributed by atoms with Crippen LogP contribution in [0.2, 0.25) is 0 Å². The third kappa shape index (κ3) is 11.6. The van der Waals surface area contributed by atoms with Crippen molar-refractivity contribution in [2.45, 2.75) is 42.0 Å². The summed E-state index contributed by atoms with van der Waals surface area (Å²) in [4.78, 5) is 29.9. The summed E-state index contributed by atoms with van der Waals surface area (Å²) in [5, 5.41) is 6.47. The van der Waals surface area contributed by atoms with E-state index in [2.05, 4.69) is 40.4 Å². The van der Waals surface area contributed by atoms with Crippen LogP contribution in [0.15, 0.2) is 63.6 Å². The van der Waals surface area contributed by atoms with Crippen LogP contribution in [-0.4, -0.2) is 84.0 Å². The predicted molar refractivity (Wildman–Crippen MR) is 149 cm³/mol. The summed E-state index contributed by atoms with van der Waals surface area (Å²) < 4.78 is 0. The second kappa shape index (κ2) is 18.0. The third-order valence-electron chi connectivity index (χ3n) is 5.12. The predicted octanol–water partition coefficient (Wildman–Crippen LogP) is 2.98. The molecule has 9 heteroatoms. The van der Waals surface area contributed by atoms with E-state index in [9.17, 15) is 4.79 Å². The molecule has 6 heterocycles. The number of fused-ring (bicyclic) bond motifs is 2. The van der Waals surface area contributed by atoms with Gasteiger partial charge in [0.2, 0.25) is 5.56 Å². The summed E-state index contributed by atoms with van der Waals surface area (Å²) in [5.41, 5.74) is 1.02. The monoisotopic (exact) mass is 486 g/mol. The number of aryl methyl sites for hydroxylation is 1. The first-order valence-corrected chi connectivity index (χ1v) is 11.3. The Kier molecular flexibility index (Phi) is 16.3. The lowest BCUT2D eigenvalue weighted by atomic mass is 10.3. The van der Waals surface area contributed by atoms with Crippen molar-refractivity contribution >= 4 is 11.9 Å². The number of rotatable bonds is 0. The summed E-state index contributed by atoms with van der Waals surface area (Å²) in [6.45, 7) is 10.9. The molecule has 4 aliphatic heterocycles. The van der Waals surface area contributed by atoms with Crippen molar-refractivity contribution < 1.29 is 0 Å². The highest BCUT2D eigenvalue weighted by Crippen LogP contribution is 2.04. The molecule has 2 aromatic rings. The Balaban J connectivity index is 0.000000432. The quantitative estimate of drug-likeness (QED) is 0.529. The molecule has 6 rings (SSSR count). The molecule has 0 amide bonds. The molecule has 0 spiro atoms. The Hall–Kier alpha value is -3.36. The van der Waals surface area contributed by atoms with Crippen molar-refractivity contribution in [3.8, 4) is 0 Å². The number of pyridine rings is 2. The van der Waals surface area contributed by atoms with E-state index in [0.717, 1.165) is 56.9 Å². The summed E-state index contributed by atoms with van der Waals surface area (Å²) in [6.07, 6.45) is 5.84. The maximum Gasteiger partial charge on any atom is 0.247 e. The van der Waals surface area contributed by atoms with E-state index in [1.165, 1.54) is 32.0 Å². The Morgan fingerprint density at radius 3 is 1.69 bits per heavy atom. The number of guanidine groups is 2. The van der Waals surface area contributed by atoms with Crippen molar-refractivity contribution in [3.05, 3.63) is 64.8 Å². The third-order valence-corrected chi connectivity index (χ3v) is 5.12. The van der Waals surface area contributed by atoms with E-state index in [1.807, 2.05) is 25.1 Å². The maximum atomic E-state index is 10.2. The van der Waals surface area contributed by atoms with E-state index < -0.39 is 0 Å². The molecule has 0 aliphatic carbocycles. The molecule has 0 atom stereocenters. The minimum atomic E-state index is -0.0532. The van der Waals surface area contributed by atoms with Gasteiger partial charge in [-0.15, -0.1) is 0 Å². The number of aliphatic imine (C=N–C) groups is 2. The van der Waals surface area contributed by atoms with E-state index in [4.69, 9.17) is 0 Å². The van der Waals surface area contributed by atoms with Crippen LogP contribution in [0.3, 0.4) is 0 Å². The van der Waals surface area contributed by atoms with Gasteiger partial charge in [0.1, 0.15) is 0 Å². The number of aromatic nitrogens is 2. The van der Waals surface area contributed by atoms with Gasteiger partial charge in [-0.1, -0.05) is 34.4 Å². The van der Waals surface area contributed by atoms with Gasteiger partial charge in [0.15, 0.2) is 11.9 Å². The first-order chi connectivity index (χ1) is 15.7. The normalized spacial score (nSPS) is 16.3. The molecule has 2 saturated heterocycles. The highest BCUT2D eigenvalue weighted by molar-refractivity contribution is 5.82. The highest BCUT2D eigenvalue weighted by atomic mass is 16.1. The fraction of sp³-hybridized carbons (Fsp3) is 0.538. The first kappa shape index (κ1) is 31.6. The van der Waals surface area contributed by atoms with E-state index in [0.29, 0.717) is 0 Å². The van der Waals surface area contributed by atoms with E-state index in [1.54, 1.807) is 24.5 Å². The summed E-state index contributed by atoms with van der Waals surface area (Å²) in [6, 6.07) is 10.8. The van der Waals surface area contributed by atoms with E-state index >= 15 is 0 Å². The van der Waals surface area contributed by atoms with Gasteiger partial charge >= 0.3 is 0 Å². The number of H-pyrrole nitrogens is 1. The van der Waals surface area contributed by atoms with Crippen LogP contribution in [0.4, 0.5) is 0 Å². The smallest absolute Gasteiger partial charge is 0.247 e. The van der Waals surface area contributed by atoms with Crippen LogP contribution in [0.5, 0.6) is 0 Å². The fourth-order valence-electron chi connectivity index (χ4n) is 3.51. The van der Waals surface area contributed by atoms with Gasteiger partial charge < -0.3 is 25.4 Å². The van der Waals surface area contributed by atoms with Gasteiger partial charge in [-0.3, -0.25) is 19.8 Å². The second-order valence-electron chi connectivity index (χ2n) is 7.64. The minimum Gasteiger partial charge on any atom is -0.354 e. The van der Waals surface area contributed by atoms with Crippen LogP contribution < -0.4 is 16.2 Å². The summed E-state index contributed by atoms with van der Waals surface area (Å²) in [7, 11) is 0. The molecule has 0 radical (unpaired) electrons. The Bertz CT molecular complexity index is 861. The number of hydrogen-bond acceptors (Lipinski definition) is 8. The zero-order valence-corrected chi connectivity index (χ0v) is 18.8. The fourth-order valence-corrected chi connectivity index (χ4v) is 3.51. The molecule has 3 N–H and O–H groups in total. The molecule has 2 fully saturated rings. The topological polar surface area (TPSA) is 101 Å². The lowest BCUT2D eigenvalue weighted by Gasteiger charge is -2.20. The maximum absolute atomic E-state index is 10.2. The molecule has 9 nitrogen and oxygen atoms in total. The van der Waals surface area contributed by atoms with Crippen LogP contribution in [0.1, 0.15) is 40.8 Å². The molecule has 0 bridgehead atoms. The molecule has 35 heavy (non-hydrogen) atoms. The Labute approximate surface area is 211 Å². The molecule has 4 aliphatic rings. The summed E-state index contributed by atoms with van der Waals surface area (Å²) >= 11 is 0. The average Bonchev–Trinajstić information content (AvgIpc) is 3.51. The van der Waals surface area contributed by atoms with Gasteiger partial charge in [0, 0.05) is 76.5 Å². The number of aromatic amines is 1. The molecule has 0 unspecified atom stereocenters. The molecular weight excluding hydrogens is 440 g/mol. The average molecular weight is 487 g/mol. The highest BCUT2D eigenvalue weighted by Gasteiger charge is 2.19. The van der Waals surface area contributed by atoms with Gasteiger partial charge in [-0.25, -0.2) is 0 Å². The van der Waals surface area contributed by atoms with Crippen LogP contribution in [0, 0.1) is 6.92 Å². The molecule has 2 aromatic heterocycles. The van der Waals surface area contributed by atoms with Gasteiger partial charge in [0.05, 0.1) is 0 Å².